The van der Waals surface area contributed by atoms with E-state index in [0.29, 0.717) is 13.4 Å². The lowest BCUT2D eigenvalue weighted by atomic mass is 10.1. The summed E-state index contributed by atoms with van der Waals surface area (Å²) in [5.74, 6) is 0. The standard InChI is InChI=1S/C18H22O2/c1-2-18(13-16-9-5-3-6-10-16)20-15-19-14-17-11-7-4-8-12-17/h3-12,18H,2,13-15H2,1H3. The first-order valence-electron chi connectivity index (χ1n) is 7.15. The van der Waals surface area contributed by atoms with Gasteiger partial charge >= 0.3 is 0 Å². The first-order chi connectivity index (χ1) is 9.88. The van der Waals surface area contributed by atoms with E-state index in [2.05, 4.69) is 43.3 Å². The Balaban J connectivity index is 1.69. The fourth-order valence-electron chi connectivity index (χ4n) is 2.08. The SMILES string of the molecule is CCC(Cc1ccccc1)OCOCc1ccccc1. The van der Waals surface area contributed by atoms with E-state index in [-0.39, 0.29) is 6.10 Å². The van der Waals surface area contributed by atoms with Crippen LogP contribution in [0.15, 0.2) is 60.7 Å². The van der Waals surface area contributed by atoms with Gasteiger partial charge in [-0.05, 0) is 24.0 Å². The monoisotopic (exact) mass is 270 g/mol. The van der Waals surface area contributed by atoms with Gasteiger partial charge in [0.2, 0.25) is 0 Å². The van der Waals surface area contributed by atoms with Crippen LogP contribution in [0.3, 0.4) is 0 Å². The highest BCUT2D eigenvalue weighted by molar-refractivity contribution is 5.15. The molecule has 0 saturated heterocycles. The quantitative estimate of drug-likeness (QED) is 0.529. The summed E-state index contributed by atoms with van der Waals surface area (Å²) in [6.45, 7) is 3.09. The van der Waals surface area contributed by atoms with Crippen molar-refractivity contribution >= 4 is 0 Å². The zero-order valence-corrected chi connectivity index (χ0v) is 12.0. The van der Waals surface area contributed by atoms with Crippen molar-refractivity contribution < 1.29 is 9.47 Å². The van der Waals surface area contributed by atoms with Crippen LogP contribution in [-0.4, -0.2) is 12.9 Å². The van der Waals surface area contributed by atoms with Crippen LogP contribution in [0.4, 0.5) is 0 Å². The van der Waals surface area contributed by atoms with Crippen LogP contribution in [0, 0.1) is 0 Å². The Morgan fingerprint density at radius 2 is 1.45 bits per heavy atom. The third-order valence-electron chi connectivity index (χ3n) is 3.26. The van der Waals surface area contributed by atoms with E-state index in [9.17, 15) is 0 Å². The van der Waals surface area contributed by atoms with Crippen LogP contribution in [-0.2, 0) is 22.5 Å². The van der Waals surface area contributed by atoms with Crippen LogP contribution in [0.5, 0.6) is 0 Å². The van der Waals surface area contributed by atoms with Gasteiger partial charge in [0.15, 0.2) is 0 Å². The van der Waals surface area contributed by atoms with Crippen LogP contribution < -0.4 is 0 Å². The molecular formula is C18H22O2. The Morgan fingerprint density at radius 3 is 2.05 bits per heavy atom. The smallest absolute Gasteiger partial charge is 0.147 e. The van der Waals surface area contributed by atoms with E-state index in [1.165, 1.54) is 11.1 Å². The van der Waals surface area contributed by atoms with Gasteiger partial charge in [-0.3, -0.25) is 0 Å². The molecule has 2 aromatic carbocycles. The molecule has 2 aromatic rings. The van der Waals surface area contributed by atoms with Crippen molar-refractivity contribution in [1.82, 2.24) is 0 Å². The predicted molar refractivity (Wildman–Crippen MR) is 81.4 cm³/mol. The second-order valence-electron chi connectivity index (χ2n) is 4.84. The fraction of sp³-hybridized carbons (Fsp3) is 0.333. The molecule has 0 bridgehead atoms. The summed E-state index contributed by atoms with van der Waals surface area (Å²) in [6, 6.07) is 20.6. The van der Waals surface area contributed by atoms with Crippen molar-refractivity contribution in [3.05, 3.63) is 71.8 Å². The minimum absolute atomic E-state index is 0.216. The Hall–Kier alpha value is -1.64. The summed E-state index contributed by atoms with van der Waals surface area (Å²) in [7, 11) is 0. The molecule has 0 radical (unpaired) electrons. The Bertz CT molecular complexity index is 467. The molecule has 106 valence electrons. The van der Waals surface area contributed by atoms with Crippen molar-refractivity contribution in [2.24, 2.45) is 0 Å². The molecule has 1 unspecified atom stereocenters. The molecule has 0 fully saturated rings. The second-order valence-corrected chi connectivity index (χ2v) is 4.84. The number of rotatable bonds is 8. The van der Waals surface area contributed by atoms with Crippen molar-refractivity contribution in [3.63, 3.8) is 0 Å². The summed E-state index contributed by atoms with van der Waals surface area (Å²) < 4.78 is 11.4. The third-order valence-corrected chi connectivity index (χ3v) is 3.26. The van der Waals surface area contributed by atoms with E-state index in [4.69, 9.17) is 9.47 Å². The van der Waals surface area contributed by atoms with Crippen LogP contribution in [0.25, 0.3) is 0 Å². The Kier molecular flexibility index (Phi) is 6.28. The van der Waals surface area contributed by atoms with E-state index >= 15 is 0 Å². The molecule has 0 N–H and O–H groups in total. The summed E-state index contributed by atoms with van der Waals surface area (Å²) in [4.78, 5) is 0. The van der Waals surface area contributed by atoms with Gasteiger partial charge in [-0.15, -0.1) is 0 Å². The molecule has 0 saturated carbocycles. The highest BCUT2D eigenvalue weighted by atomic mass is 16.7. The maximum atomic E-state index is 5.79. The van der Waals surface area contributed by atoms with Gasteiger partial charge in [-0.2, -0.15) is 0 Å². The lowest BCUT2D eigenvalue weighted by Crippen LogP contribution is -2.17. The molecule has 0 spiro atoms. The molecule has 2 nitrogen and oxygen atoms in total. The highest BCUT2D eigenvalue weighted by Gasteiger charge is 2.07. The first-order valence-corrected chi connectivity index (χ1v) is 7.15. The number of ether oxygens (including phenoxy) is 2. The predicted octanol–water partition coefficient (Wildman–Crippen LogP) is 4.20. The molecule has 0 aliphatic heterocycles. The van der Waals surface area contributed by atoms with Crippen molar-refractivity contribution in [3.8, 4) is 0 Å². The van der Waals surface area contributed by atoms with Crippen LogP contribution in [0.1, 0.15) is 24.5 Å². The summed E-state index contributed by atoms with van der Waals surface area (Å²) in [5, 5.41) is 0. The summed E-state index contributed by atoms with van der Waals surface area (Å²) in [5.41, 5.74) is 2.48. The molecule has 1 atom stereocenters. The zero-order chi connectivity index (χ0) is 14.0. The van der Waals surface area contributed by atoms with Crippen molar-refractivity contribution in [2.45, 2.75) is 32.5 Å². The van der Waals surface area contributed by atoms with E-state index in [0.717, 1.165) is 12.8 Å². The van der Waals surface area contributed by atoms with Crippen LogP contribution >= 0.6 is 0 Å². The average molecular weight is 270 g/mol. The van der Waals surface area contributed by atoms with Gasteiger partial charge in [0.1, 0.15) is 6.79 Å². The molecule has 2 heteroatoms. The van der Waals surface area contributed by atoms with E-state index in [1.807, 2.05) is 24.3 Å². The van der Waals surface area contributed by atoms with Gasteiger partial charge < -0.3 is 9.47 Å². The average Bonchev–Trinajstić information content (AvgIpc) is 2.52. The maximum absolute atomic E-state index is 5.79. The summed E-state index contributed by atoms with van der Waals surface area (Å²) >= 11 is 0. The third kappa shape index (κ3) is 5.16. The van der Waals surface area contributed by atoms with Gasteiger partial charge in [-0.1, -0.05) is 67.6 Å². The molecule has 20 heavy (non-hydrogen) atoms. The number of hydrogen-bond donors (Lipinski definition) is 0. The minimum atomic E-state index is 0.216. The fourth-order valence-corrected chi connectivity index (χ4v) is 2.08. The van der Waals surface area contributed by atoms with Gasteiger partial charge in [-0.25, -0.2) is 0 Å². The zero-order valence-electron chi connectivity index (χ0n) is 12.0. The largest absolute Gasteiger partial charge is 0.352 e. The Morgan fingerprint density at radius 1 is 0.850 bits per heavy atom. The van der Waals surface area contributed by atoms with Gasteiger partial charge in [0.25, 0.3) is 0 Å². The Labute approximate surface area is 121 Å². The number of benzene rings is 2. The molecule has 0 aromatic heterocycles. The normalized spacial score (nSPS) is 12.2. The first kappa shape index (κ1) is 14.8. The second kappa shape index (κ2) is 8.51. The molecule has 0 amide bonds. The lowest BCUT2D eigenvalue weighted by Gasteiger charge is -2.16. The molecule has 0 aliphatic carbocycles. The van der Waals surface area contributed by atoms with E-state index in [1.54, 1.807) is 0 Å². The lowest BCUT2D eigenvalue weighted by molar-refractivity contribution is -0.0961. The minimum Gasteiger partial charge on any atom is -0.352 e. The highest BCUT2D eigenvalue weighted by Crippen LogP contribution is 2.09. The molecule has 0 heterocycles. The van der Waals surface area contributed by atoms with Crippen molar-refractivity contribution in [2.75, 3.05) is 6.79 Å². The topological polar surface area (TPSA) is 18.5 Å². The molecule has 0 aliphatic rings. The van der Waals surface area contributed by atoms with Gasteiger partial charge in [0.05, 0.1) is 12.7 Å². The van der Waals surface area contributed by atoms with Gasteiger partial charge in [0, 0.05) is 0 Å². The number of hydrogen-bond acceptors (Lipinski definition) is 2. The molecule has 2 rings (SSSR count). The summed E-state index contributed by atoms with van der Waals surface area (Å²) in [6.07, 6.45) is 2.14. The molecular weight excluding hydrogens is 248 g/mol. The van der Waals surface area contributed by atoms with E-state index < -0.39 is 0 Å². The van der Waals surface area contributed by atoms with Crippen molar-refractivity contribution in [1.29, 1.82) is 0 Å². The van der Waals surface area contributed by atoms with Crippen LogP contribution in [0.2, 0.25) is 0 Å². The maximum Gasteiger partial charge on any atom is 0.147 e.